The van der Waals surface area contributed by atoms with Crippen molar-refractivity contribution in [3.63, 3.8) is 0 Å². The molecular formula is C13H12ClF3N2O. The summed E-state index contributed by atoms with van der Waals surface area (Å²) >= 11 is 5.79. The van der Waals surface area contributed by atoms with Crippen LogP contribution in [0.3, 0.4) is 0 Å². The van der Waals surface area contributed by atoms with Crippen LogP contribution in [0, 0.1) is 11.2 Å². The van der Waals surface area contributed by atoms with E-state index in [0.717, 1.165) is 0 Å². The Bertz CT molecular complexity index is 678. The Morgan fingerprint density at radius 1 is 1.45 bits per heavy atom. The van der Waals surface area contributed by atoms with Crippen LogP contribution in [0.15, 0.2) is 12.3 Å². The van der Waals surface area contributed by atoms with E-state index >= 15 is 0 Å². The molecule has 2 aromatic rings. The fraction of sp³-hybridized carbons (Fsp3) is 0.462. The van der Waals surface area contributed by atoms with Crippen molar-refractivity contribution in [1.82, 2.24) is 10.2 Å². The Morgan fingerprint density at radius 3 is 2.70 bits per heavy atom. The number of alkyl halides is 2. The summed E-state index contributed by atoms with van der Waals surface area (Å²) in [5, 5.41) is 16.7. The first-order chi connectivity index (χ1) is 9.23. The third-order valence-electron chi connectivity index (χ3n) is 3.94. The number of H-pyrrole nitrogens is 1. The van der Waals surface area contributed by atoms with Crippen molar-refractivity contribution in [2.75, 3.05) is 0 Å². The second-order valence-electron chi connectivity index (χ2n) is 5.69. The highest BCUT2D eigenvalue weighted by Gasteiger charge is 2.57. The molecule has 1 aromatic carbocycles. The van der Waals surface area contributed by atoms with Gasteiger partial charge in [-0.1, -0.05) is 18.5 Å². The Hall–Kier alpha value is -1.27. The van der Waals surface area contributed by atoms with Crippen molar-refractivity contribution in [2.45, 2.75) is 31.8 Å². The van der Waals surface area contributed by atoms with E-state index in [1.165, 1.54) is 12.3 Å². The molecule has 0 amide bonds. The van der Waals surface area contributed by atoms with Crippen molar-refractivity contribution in [2.24, 2.45) is 5.41 Å². The zero-order valence-electron chi connectivity index (χ0n) is 10.6. The van der Waals surface area contributed by atoms with Crippen molar-refractivity contribution in [3.8, 4) is 0 Å². The minimum absolute atomic E-state index is 0.140. The minimum Gasteiger partial charge on any atom is -0.388 e. The number of aliphatic hydroxyl groups excluding tert-OH is 1. The molecule has 1 saturated carbocycles. The fourth-order valence-electron chi connectivity index (χ4n) is 2.99. The van der Waals surface area contributed by atoms with Crippen LogP contribution in [0.4, 0.5) is 13.2 Å². The molecule has 0 spiro atoms. The average molecular weight is 305 g/mol. The van der Waals surface area contributed by atoms with Crippen LogP contribution in [0.1, 0.15) is 31.4 Å². The van der Waals surface area contributed by atoms with Crippen molar-refractivity contribution < 1.29 is 18.3 Å². The molecule has 3 rings (SSSR count). The van der Waals surface area contributed by atoms with Gasteiger partial charge in [-0.2, -0.15) is 5.10 Å². The average Bonchev–Trinajstić information content (AvgIpc) is 2.79. The van der Waals surface area contributed by atoms with Gasteiger partial charge in [0.25, 0.3) is 0 Å². The normalized spacial score (nSPS) is 21.7. The summed E-state index contributed by atoms with van der Waals surface area (Å²) < 4.78 is 40.0. The molecule has 1 aromatic heterocycles. The topological polar surface area (TPSA) is 48.9 Å². The molecule has 0 saturated heterocycles. The van der Waals surface area contributed by atoms with Crippen LogP contribution < -0.4 is 0 Å². The molecule has 1 aliphatic carbocycles. The lowest BCUT2D eigenvalue weighted by Gasteiger charge is -2.47. The van der Waals surface area contributed by atoms with Crippen LogP contribution in [0.25, 0.3) is 10.9 Å². The van der Waals surface area contributed by atoms with Gasteiger partial charge in [0.1, 0.15) is 0 Å². The molecule has 1 fully saturated rings. The summed E-state index contributed by atoms with van der Waals surface area (Å²) in [6.07, 6.45) is -0.731. The van der Waals surface area contributed by atoms with Crippen molar-refractivity contribution >= 4 is 22.5 Å². The van der Waals surface area contributed by atoms with Crippen LogP contribution in [-0.4, -0.2) is 21.2 Å². The van der Waals surface area contributed by atoms with Gasteiger partial charge in [0.2, 0.25) is 5.92 Å². The maximum absolute atomic E-state index is 13.8. The Morgan fingerprint density at radius 2 is 2.10 bits per heavy atom. The van der Waals surface area contributed by atoms with Gasteiger partial charge in [0.15, 0.2) is 5.82 Å². The van der Waals surface area contributed by atoms with E-state index in [4.69, 9.17) is 11.6 Å². The largest absolute Gasteiger partial charge is 0.388 e. The van der Waals surface area contributed by atoms with Gasteiger partial charge in [0.05, 0.1) is 28.2 Å². The van der Waals surface area contributed by atoms with Crippen LogP contribution in [0.5, 0.6) is 0 Å². The number of aromatic nitrogens is 2. The Balaban J connectivity index is 2.07. The number of nitrogens with one attached hydrogen (secondary N) is 1. The Kier molecular flexibility index (Phi) is 2.82. The lowest BCUT2D eigenvalue weighted by atomic mass is 9.62. The number of hydrogen-bond acceptors (Lipinski definition) is 2. The first-order valence-electron chi connectivity index (χ1n) is 6.10. The van der Waals surface area contributed by atoms with Gasteiger partial charge in [-0.05, 0) is 6.07 Å². The molecule has 1 unspecified atom stereocenters. The number of fused-ring (bicyclic) bond motifs is 1. The first kappa shape index (κ1) is 13.7. The number of aromatic amines is 1. The van der Waals surface area contributed by atoms with E-state index in [9.17, 15) is 18.3 Å². The zero-order valence-corrected chi connectivity index (χ0v) is 11.3. The minimum atomic E-state index is -2.76. The summed E-state index contributed by atoms with van der Waals surface area (Å²) in [7, 11) is 0. The maximum atomic E-state index is 13.8. The van der Waals surface area contributed by atoms with Crippen LogP contribution >= 0.6 is 11.6 Å². The van der Waals surface area contributed by atoms with Crippen LogP contribution in [0.2, 0.25) is 5.02 Å². The number of hydrogen-bond donors (Lipinski definition) is 2. The monoisotopic (exact) mass is 304 g/mol. The molecule has 1 atom stereocenters. The molecular weight excluding hydrogens is 293 g/mol. The molecule has 3 nitrogen and oxygen atoms in total. The molecule has 20 heavy (non-hydrogen) atoms. The summed E-state index contributed by atoms with van der Waals surface area (Å²) in [5.41, 5.74) is -0.374. The third kappa shape index (κ3) is 1.90. The molecule has 1 aliphatic rings. The molecule has 0 radical (unpaired) electrons. The molecule has 0 bridgehead atoms. The predicted molar refractivity (Wildman–Crippen MR) is 68.3 cm³/mol. The van der Waals surface area contributed by atoms with Gasteiger partial charge in [0, 0.05) is 23.8 Å². The SMILES string of the molecule is CC1(C(O)c2cc(Cl)c(F)c3cn[nH]c23)CC(F)(F)C1. The number of nitrogens with zero attached hydrogens (tertiary/aromatic N) is 1. The summed E-state index contributed by atoms with van der Waals surface area (Å²) in [6, 6.07) is 1.27. The van der Waals surface area contributed by atoms with Gasteiger partial charge in [-0.15, -0.1) is 0 Å². The third-order valence-corrected chi connectivity index (χ3v) is 4.21. The van der Waals surface area contributed by atoms with E-state index in [1.807, 2.05) is 0 Å². The van der Waals surface area contributed by atoms with E-state index in [-0.39, 0.29) is 15.9 Å². The maximum Gasteiger partial charge on any atom is 0.249 e. The quantitative estimate of drug-likeness (QED) is 0.886. The standard InChI is InChI=1S/C13H12ClF3N2O/c1-12(4-13(16,17)5-12)11(20)6-2-8(14)9(15)7-3-18-19-10(6)7/h2-3,11,20H,4-5H2,1H3,(H,18,19). The molecule has 1 heterocycles. The summed E-state index contributed by atoms with van der Waals surface area (Å²) in [5.74, 6) is -3.40. The predicted octanol–water partition coefficient (Wildman–Crippen LogP) is 3.82. The second kappa shape index (κ2) is 4.11. The molecule has 7 heteroatoms. The van der Waals surface area contributed by atoms with Gasteiger partial charge in [-0.3, -0.25) is 5.10 Å². The first-order valence-corrected chi connectivity index (χ1v) is 6.48. The van der Waals surface area contributed by atoms with E-state index < -0.39 is 36.1 Å². The lowest BCUT2D eigenvalue weighted by Crippen LogP contribution is -2.47. The number of halogens is 4. The lowest BCUT2D eigenvalue weighted by molar-refractivity contribution is -0.193. The highest BCUT2D eigenvalue weighted by atomic mass is 35.5. The summed E-state index contributed by atoms with van der Waals surface area (Å²) in [4.78, 5) is 0. The van der Waals surface area contributed by atoms with Gasteiger partial charge in [-0.25, -0.2) is 13.2 Å². The smallest absolute Gasteiger partial charge is 0.249 e. The van der Waals surface area contributed by atoms with Crippen LogP contribution in [-0.2, 0) is 0 Å². The zero-order chi connectivity index (χ0) is 14.7. The molecule has 2 N–H and O–H groups in total. The van der Waals surface area contributed by atoms with Crippen molar-refractivity contribution in [3.05, 3.63) is 28.7 Å². The Labute approximate surface area is 117 Å². The number of rotatable bonds is 2. The number of benzene rings is 1. The van der Waals surface area contributed by atoms with E-state index in [2.05, 4.69) is 10.2 Å². The van der Waals surface area contributed by atoms with E-state index in [1.54, 1.807) is 6.92 Å². The van der Waals surface area contributed by atoms with E-state index in [0.29, 0.717) is 5.56 Å². The second-order valence-corrected chi connectivity index (χ2v) is 6.09. The highest BCUT2D eigenvalue weighted by Crippen LogP contribution is 2.58. The van der Waals surface area contributed by atoms with Gasteiger partial charge < -0.3 is 5.11 Å². The molecule has 108 valence electrons. The van der Waals surface area contributed by atoms with Crippen molar-refractivity contribution in [1.29, 1.82) is 0 Å². The highest BCUT2D eigenvalue weighted by molar-refractivity contribution is 6.31. The summed E-state index contributed by atoms with van der Waals surface area (Å²) in [6.45, 7) is 1.58. The van der Waals surface area contributed by atoms with Gasteiger partial charge >= 0.3 is 0 Å². The molecule has 0 aliphatic heterocycles. The fourth-order valence-corrected chi connectivity index (χ4v) is 3.21. The number of aliphatic hydroxyl groups is 1.